The van der Waals surface area contributed by atoms with Crippen LogP contribution in [0, 0.1) is 6.92 Å². The summed E-state index contributed by atoms with van der Waals surface area (Å²) in [6.45, 7) is 8.15. The van der Waals surface area contributed by atoms with E-state index in [1.165, 1.54) is 6.92 Å². The number of para-hydroxylation sites is 1. The summed E-state index contributed by atoms with van der Waals surface area (Å²) in [5.41, 5.74) is 3.76. The van der Waals surface area contributed by atoms with Crippen molar-refractivity contribution >= 4 is 17.5 Å². The summed E-state index contributed by atoms with van der Waals surface area (Å²) in [6.07, 6.45) is 0. The zero-order valence-corrected chi connectivity index (χ0v) is 16.7. The van der Waals surface area contributed by atoms with E-state index >= 15 is 0 Å². The second kappa shape index (κ2) is 8.33. The molecule has 6 heteroatoms. The first-order valence-electron chi connectivity index (χ1n) is 9.39. The molecule has 1 N–H and O–H groups in total. The lowest BCUT2D eigenvalue weighted by molar-refractivity contribution is -0.123. The fraction of sp³-hybridized carbons (Fsp3) is 0.364. The Bertz CT molecular complexity index is 892. The Kier molecular flexibility index (Phi) is 5.87. The number of carbonyl (C=O) groups excluding carboxylic acids is 2. The summed E-state index contributed by atoms with van der Waals surface area (Å²) >= 11 is 0. The molecule has 0 aliphatic carbocycles. The number of nitrogens with zero attached hydrogens (tertiary/aromatic N) is 1. The van der Waals surface area contributed by atoms with Crippen molar-refractivity contribution in [3.05, 3.63) is 53.1 Å². The molecule has 0 saturated carbocycles. The van der Waals surface area contributed by atoms with Crippen LogP contribution in [-0.2, 0) is 16.1 Å². The van der Waals surface area contributed by atoms with E-state index in [1.54, 1.807) is 4.90 Å². The number of fused-ring (bicyclic) bond motifs is 1. The molecule has 1 aliphatic rings. The molecule has 0 saturated heterocycles. The Morgan fingerprint density at radius 3 is 2.61 bits per heavy atom. The monoisotopic (exact) mass is 382 g/mol. The lowest BCUT2D eigenvalue weighted by Gasteiger charge is -2.27. The first kappa shape index (κ1) is 19.7. The van der Waals surface area contributed by atoms with Gasteiger partial charge in [0.05, 0.1) is 5.69 Å². The molecule has 0 fully saturated rings. The molecule has 0 aromatic heterocycles. The maximum absolute atomic E-state index is 12.6. The van der Waals surface area contributed by atoms with Crippen LogP contribution in [0.25, 0.3) is 0 Å². The van der Waals surface area contributed by atoms with Crippen LogP contribution in [0.4, 0.5) is 5.69 Å². The van der Waals surface area contributed by atoms with E-state index in [0.29, 0.717) is 18.0 Å². The van der Waals surface area contributed by atoms with Crippen molar-refractivity contribution < 1.29 is 19.1 Å². The molecule has 0 unspecified atom stereocenters. The number of hydrogen-bond donors (Lipinski definition) is 1. The molecule has 3 rings (SSSR count). The molecule has 0 radical (unpaired) electrons. The van der Waals surface area contributed by atoms with E-state index in [9.17, 15) is 9.59 Å². The number of anilines is 1. The summed E-state index contributed by atoms with van der Waals surface area (Å²) in [7, 11) is 0. The summed E-state index contributed by atoms with van der Waals surface area (Å²) in [4.78, 5) is 26.4. The van der Waals surface area contributed by atoms with Crippen LogP contribution in [0.2, 0.25) is 0 Å². The van der Waals surface area contributed by atoms with Gasteiger partial charge in [-0.25, -0.2) is 0 Å². The predicted octanol–water partition coefficient (Wildman–Crippen LogP) is 3.52. The van der Waals surface area contributed by atoms with Gasteiger partial charge < -0.3 is 19.7 Å². The van der Waals surface area contributed by atoms with Gasteiger partial charge in [-0.2, -0.15) is 0 Å². The average molecular weight is 382 g/mol. The molecular formula is C22H26N2O4. The molecule has 6 nitrogen and oxygen atoms in total. The third-order valence-electron chi connectivity index (χ3n) is 4.77. The van der Waals surface area contributed by atoms with E-state index in [-0.39, 0.29) is 31.1 Å². The van der Waals surface area contributed by atoms with Gasteiger partial charge in [0, 0.05) is 13.5 Å². The highest BCUT2D eigenvalue weighted by Gasteiger charge is 2.22. The highest BCUT2D eigenvalue weighted by atomic mass is 16.7. The number of benzene rings is 2. The van der Waals surface area contributed by atoms with Crippen molar-refractivity contribution in [2.45, 2.75) is 40.2 Å². The Labute approximate surface area is 165 Å². The number of rotatable bonds is 6. The van der Waals surface area contributed by atoms with Crippen molar-refractivity contribution in [3.63, 3.8) is 0 Å². The molecule has 2 amide bonds. The molecule has 2 aromatic rings. The number of hydrogen-bond acceptors (Lipinski definition) is 4. The standard InChI is InChI=1S/C22H26N2O4/c1-14(2)18-7-5-6-15(3)22(18)24(16(4)25)12-21(26)23-11-17-8-9-19-20(10-17)28-13-27-19/h5-10,14H,11-13H2,1-4H3,(H,23,26). The fourth-order valence-electron chi connectivity index (χ4n) is 3.32. The van der Waals surface area contributed by atoms with Crippen LogP contribution in [0.3, 0.4) is 0 Å². The highest BCUT2D eigenvalue weighted by molar-refractivity contribution is 5.98. The number of aryl methyl sites for hydroxylation is 1. The van der Waals surface area contributed by atoms with E-state index < -0.39 is 0 Å². The maximum Gasteiger partial charge on any atom is 0.240 e. The van der Waals surface area contributed by atoms with E-state index in [4.69, 9.17) is 9.47 Å². The minimum absolute atomic E-state index is 0.0234. The van der Waals surface area contributed by atoms with Crippen LogP contribution in [0.1, 0.15) is 43.4 Å². The van der Waals surface area contributed by atoms with E-state index in [2.05, 4.69) is 19.2 Å². The summed E-state index contributed by atoms with van der Waals surface area (Å²) in [5, 5.41) is 2.88. The minimum Gasteiger partial charge on any atom is -0.454 e. The van der Waals surface area contributed by atoms with Gasteiger partial charge in [0.25, 0.3) is 0 Å². The second-order valence-electron chi connectivity index (χ2n) is 7.24. The van der Waals surface area contributed by atoms with Crippen molar-refractivity contribution in [2.24, 2.45) is 0 Å². The Balaban J connectivity index is 1.71. The quantitative estimate of drug-likeness (QED) is 0.830. The Morgan fingerprint density at radius 2 is 1.89 bits per heavy atom. The average Bonchev–Trinajstić information content (AvgIpc) is 3.12. The molecule has 148 valence electrons. The van der Waals surface area contributed by atoms with Gasteiger partial charge in [-0.15, -0.1) is 0 Å². The molecule has 0 atom stereocenters. The zero-order chi connectivity index (χ0) is 20.3. The normalized spacial score (nSPS) is 12.2. The third-order valence-corrected chi connectivity index (χ3v) is 4.77. The van der Waals surface area contributed by atoms with Gasteiger partial charge >= 0.3 is 0 Å². The number of nitrogens with one attached hydrogen (secondary N) is 1. The molecule has 1 aliphatic heterocycles. The van der Waals surface area contributed by atoms with Crippen molar-refractivity contribution in [3.8, 4) is 11.5 Å². The number of amides is 2. The van der Waals surface area contributed by atoms with E-state index in [1.807, 2.05) is 43.3 Å². The Hall–Kier alpha value is -3.02. The number of carbonyl (C=O) groups is 2. The molecule has 1 heterocycles. The van der Waals surface area contributed by atoms with Gasteiger partial charge in [0.1, 0.15) is 6.54 Å². The van der Waals surface area contributed by atoms with Crippen LogP contribution in [-0.4, -0.2) is 25.2 Å². The first-order chi connectivity index (χ1) is 13.4. The molecule has 2 aromatic carbocycles. The largest absolute Gasteiger partial charge is 0.454 e. The van der Waals surface area contributed by atoms with Gasteiger partial charge in [-0.05, 0) is 41.7 Å². The van der Waals surface area contributed by atoms with Gasteiger partial charge in [-0.1, -0.05) is 38.1 Å². The maximum atomic E-state index is 12.6. The fourth-order valence-corrected chi connectivity index (χ4v) is 3.32. The smallest absolute Gasteiger partial charge is 0.240 e. The van der Waals surface area contributed by atoms with Crippen molar-refractivity contribution in [1.82, 2.24) is 5.32 Å². The molecule has 0 bridgehead atoms. The molecular weight excluding hydrogens is 356 g/mol. The predicted molar refractivity (Wildman–Crippen MR) is 108 cm³/mol. The summed E-state index contributed by atoms with van der Waals surface area (Å²) in [6, 6.07) is 11.5. The van der Waals surface area contributed by atoms with Gasteiger partial charge in [0.15, 0.2) is 11.5 Å². The Morgan fingerprint density at radius 1 is 1.14 bits per heavy atom. The van der Waals surface area contributed by atoms with Crippen LogP contribution in [0.5, 0.6) is 11.5 Å². The summed E-state index contributed by atoms with van der Waals surface area (Å²) in [5.74, 6) is 1.26. The third kappa shape index (κ3) is 4.27. The van der Waals surface area contributed by atoms with Crippen molar-refractivity contribution in [2.75, 3.05) is 18.2 Å². The van der Waals surface area contributed by atoms with Crippen LogP contribution < -0.4 is 19.7 Å². The second-order valence-corrected chi connectivity index (χ2v) is 7.24. The molecule has 28 heavy (non-hydrogen) atoms. The highest BCUT2D eigenvalue weighted by Crippen LogP contribution is 2.33. The van der Waals surface area contributed by atoms with Crippen LogP contribution >= 0.6 is 0 Å². The number of ether oxygens (including phenoxy) is 2. The van der Waals surface area contributed by atoms with Crippen molar-refractivity contribution in [1.29, 1.82) is 0 Å². The van der Waals surface area contributed by atoms with Gasteiger partial charge in [-0.3, -0.25) is 9.59 Å². The zero-order valence-electron chi connectivity index (χ0n) is 16.7. The minimum atomic E-state index is -0.217. The first-order valence-corrected chi connectivity index (χ1v) is 9.39. The van der Waals surface area contributed by atoms with Gasteiger partial charge in [0.2, 0.25) is 18.6 Å². The lowest BCUT2D eigenvalue weighted by Crippen LogP contribution is -2.40. The van der Waals surface area contributed by atoms with E-state index in [0.717, 1.165) is 22.4 Å². The molecule has 0 spiro atoms. The topological polar surface area (TPSA) is 67.9 Å². The summed E-state index contributed by atoms with van der Waals surface area (Å²) < 4.78 is 10.7. The SMILES string of the molecule is CC(=O)N(CC(=O)NCc1ccc2c(c1)OCO2)c1c(C)cccc1C(C)C. The lowest BCUT2D eigenvalue weighted by atomic mass is 9.97. The van der Waals surface area contributed by atoms with Crippen LogP contribution in [0.15, 0.2) is 36.4 Å².